The number of rotatable bonds is 3. The van der Waals surface area contributed by atoms with Crippen LogP contribution in [-0.4, -0.2) is 12.6 Å². The number of hydrogen-bond donors (Lipinski definition) is 0. The molecule has 0 heterocycles. The first-order valence-corrected chi connectivity index (χ1v) is 4.71. The number of esters is 1. The van der Waals surface area contributed by atoms with Gasteiger partial charge in [-0.15, -0.1) is 0 Å². The van der Waals surface area contributed by atoms with E-state index in [2.05, 4.69) is 4.74 Å². The Balaban J connectivity index is 2.62. The average Bonchev–Trinajstić information content (AvgIpc) is 2.19. The van der Waals surface area contributed by atoms with Crippen molar-refractivity contribution in [2.75, 3.05) is 6.61 Å². The Hall–Kier alpha value is -1.35. The van der Waals surface area contributed by atoms with Crippen molar-refractivity contribution in [3.05, 3.63) is 40.7 Å². The van der Waals surface area contributed by atoms with Crippen molar-refractivity contribution in [1.82, 2.24) is 0 Å². The van der Waals surface area contributed by atoms with Crippen molar-refractivity contribution >= 4 is 23.6 Å². The Labute approximate surface area is 92.3 Å². The molecule has 0 saturated heterocycles. The van der Waals surface area contributed by atoms with E-state index in [1.165, 1.54) is 13.0 Å². The minimum Gasteiger partial charge on any atom is -0.459 e. The number of carbonyl (C=O) groups excluding carboxylic acids is 1. The summed E-state index contributed by atoms with van der Waals surface area (Å²) >= 11 is 5.67. The molecule has 0 aliphatic rings. The fraction of sp³-hybridized carbons (Fsp3) is 0.182. The maximum absolute atomic E-state index is 13.1. The summed E-state index contributed by atoms with van der Waals surface area (Å²) < 4.78 is 17.6. The number of hydrogen-bond acceptors (Lipinski definition) is 2. The molecule has 0 amide bonds. The maximum atomic E-state index is 13.1. The van der Waals surface area contributed by atoms with Crippen LogP contribution in [-0.2, 0) is 9.53 Å². The molecule has 0 aliphatic carbocycles. The quantitative estimate of drug-likeness (QED) is 0.743. The molecule has 0 fully saturated rings. The van der Waals surface area contributed by atoms with Crippen molar-refractivity contribution in [1.29, 1.82) is 0 Å². The van der Waals surface area contributed by atoms with Crippen molar-refractivity contribution in [2.24, 2.45) is 0 Å². The van der Waals surface area contributed by atoms with Crippen LogP contribution in [0, 0.1) is 0 Å². The van der Waals surface area contributed by atoms with E-state index in [0.717, 1.165) is 0 Å². The Morgan fingerprint density at radius 1 is 1.47 bits per heavy atom. The number of carbonyl (C=O) groups is 1. The summed E-state index contributed by atoms with van der Waals surface area (Å²) in [5.74, 6) is -1.01. The summed E-state index contributed by atoms with van der Waals surface area (Å²) in [7, 11) is 0. The molecular weight excluding hydrogens is 219 g/mol. The average molecular weight is 229 g/mol. The molecule has 2 nitrogen and oxygen atoms in total. The second-order valence-electron chi connectivity index (χ2n) is 2.92. The number of ether oxygens (including phenoxy) is 1. The fourth-order valence-electron chi connectivity index (χ4n) is 0.952. The van der Waals surface area contributed by atoms with Gasteiger partial charge < -0.3 is 4.74 Å². The predicted molar refractivity (Wildman–Crippen MR) is 57.2 cm³/mol. The molecule has 0 spiro atoms. The normalized spacial score (nSPS) is 11.3. The van der Waals surface area contributed by atoms with Crippen LogP contribution < -0.4 is 0 Å². The summed E-state index contributed by atoms with van der Waals surface area (Å²) in [6, 6.07) is 6.67. The largest absolute Gasteiger partial charge is 0.459 e. The van der Waals surface area contributed by atoms with Gasteiger partial charge in [-0.3, -0.25) is 4.79 Å². The van der Waals surface area contributed by atoms with Crippen LogP contribution in [0.1, 0.15) is 12.5 Å². The zero-order valence-corrected chi connectivity index (χ0v) is 8.92. The van der Waals surface area contributed by atoms with Crippen LogP contribution in [0.25, 0.3) is 6.08 Å². The minimum atomic E-state index is -0.507. The van der Waals surface area contributed by atoms with E-state index in [0.29, 0.717) is 10.6 Å². The van der Waals surface area contributed by atoms with Gasteiger partial charge in [0.05, 0.1) is 0 Å². The molecule has 1 aromatic carbocycles. The predicted octanol–water partition coefficient (Wildman–Crippen LogP) is 3.21. The van der Waals surface area contributed by atoms with E-state index >= 15 is 0 Å². The Kier molecular flexibility index (Phi) is 4.31. The maximum Gasteiger partial charge on any atom is 0.303 e. The highest BCUT2D eigenvalue weighted by Gasteiger charge is 1.99. The zero-order chi connectivity index (χ0) is 11.3. The Morgan fingerprint density at radius 3 is 2.60 bits per heavy atom. The molecule has 0 bridgehead atoms. The van der Waals surface area contributed by atoms with Crippen molar-refractivity contribution in [2.45, 2.75) is 6.92 Å². The van der Waals surface area contributed by atoms with E-state index in [1.54, 1.807) is 24.3 Å². The topological polar surface area (TPSA) is 26.3 Å². The summed E-state index contributed by atoms with van der Waals surface area (Å²) in [6.07, 6.45) is 1.29. The third-order valence-corrected chi connectivity index (χ3v) is 1.86. The lowest BCUT2D eigenvalue weighted by Crippen LogP contribution is -2.00. The van der Waals surface area contributed by atoms with Crippen LogP contribution >= 0.6 is 11.6 Å². The molecule has 0 N–H and O–H groups in total. The molecule has 0 aromatic heterocycles. The standard InChI is InChI=1S/C11H10ClFO2/c1-8(14)15-7-11(13)6-9-2-4-10(12)5-3-9/h2-6H,7H2,1H3/b11-6-. The first kappa shape index (κ1) is 11.7. The van der Waals surface area contributed by atoms with E-state index < -0.39 is 11.8 Å². The molecule has 0 radical (unpaired) electrons. The summed E-state index contributed by atoms with van der Waals surface area (Å²) in [5, 5.41) is 0.590. The van der Waals surface area contributed by atoms with Crippen LogP contribution in [0.15, 0.2) is 30.1 Å². The third-order valence-electron chi connectivity index (χ3n) is 1.61. The number of halogens is 2. The van der Waals surface area contributed by atoms with Gasteiger partial charge in [0, 0.05) is 11.9 Å². The Bertz CT molecular complexity index is 371. The SMILES string of the molecule is CC(=O)OC/C(F)=C/c1ccc(Cl)cc1. The third kappa shape index (κ3) is 4.61. The molecule has 1 aromatic rings. The molecule has 0 saturated carbocycles. The van der Waals surface area contributed by atoms with Crippen LogP contribution in [0.4, 0.5) is 4.39 Å². The second-order valence-corrected chi connectivity index (χ2v) is 3.36. The highest BCUT2D eigenvalue weighted by Crippen LogP contribution is 2.13. The molecule has 1 rings (SSSR count). The number of benzene rings is 1. The monoisotopic (exact) mass is 228 g/mol. The highest BCUT2D eigenvalue weighted by atomic mass is 35.5. The summed E-state index contributed by atoms with van der Waals surface area (Å²) in [6.45, 7) is 0.896. The van der Waals surface area contributed by atoms with Crippen molar-refractivity contribution in [3.8, 4) is 0 Å². The smallest absolute Gasteiger partial charge is 0.303 e. The lowest BCUT2D eigenvalue weighted by Gasteiger charge is -1.99. The molecule has 4 heteroatoms. The van der Waals surface area contributed by atoms with Gasteiger partial charge in [0.2, 0.25) is 0 Å². The van der Waals surface area contributed by atoms with Gasteiger partial charge in [0.25, 0.3) is 0 Å². The molecular formula is C11H10ClFO2. The van der Waals surface area contributed by atoms with E-state index in [4.69, 9.17) is 11.6 Å². The molecule has 15 heavy (non-hydrogen) atoms. The second kappa shape index (κ2) is 5.51. The van der Waals surface area contributed by atoms with E-state index in [-0.39, 0.29) is 6.61 Å². The van der Waals surface area contributed by atoms with Crippen molar-refractivity contribution in [3.63, 3.8) is 0 Å². The lowest BCUT2D eigenvalue weighted by atomic mass is 10.2. The molecule has 0 unspecified atom stereocenters. The summed E-state index contributed by atoms with van der Waals surface area (Å²) in [4.78, 5) is 10.4. The van der Waals surface area contributed by atoms with Crippen LogP contribution in [0.5, 0.6) is 0 Å². The van der Waals surface area contributed by atoms with Gasteiger partial charge in [-0.05, 0) is 23.8 Å². The first-order valence-electron chi connectivity index (χ1n) is 4.33. The van der Waals surface area contributed by atoms with Crippen molar-refractivity contribution < 1.29 is 13.9 Å². The van der Waals surface area contributed by atoms with E-state index in [9.17, 15) is 9.18 Å². The highest BCUT2D eigenvalue weighted by molar-refractivity contribution is 6.30. The fourth-order valence-corrected chi connectivity index (χ4v) is 1.08. The van der Waals surface area contributed by atoms with Crippen LogP contribution in [0.2, 0.25) is 5.02 Å². The molecule has 80 valence electrons. The molecule has 0 atom stereocenters. The Morgan fingerprint density at radius 2 is 2.07 bits per heavy atom. The van der Waals surface area contributed by atoms with Gasteiger partial charge in [-0.2, -0.15) is 0 Å². The first-order chi connectivity index (χ1) is 7.08. The minimum absolute atomic E-state index is 0.335. The van der Waals surface area contributed by atoms with Crippen LogP contribution in [0.3, 0.4) is 0 Å². The van der Waals surface area contributed by atoms with Gasteiger partial charge in [0.15, 0.2) is 0 Å². The van der Waals surface area contributed by atoms with Gasteiger partial charge >= 0.3 is 5.97 Å². The van der Waals surface area contributed by atoms with Gasteiger partial charge in [0.1, 0.15) is 12.4 Å². The zero-order valence-electron chi connectivity index (χ0n) is 8.17. The van der Waals surface area contributed by atoms with Gasteiger partial charge in [-0.1, -0.05) is 23.7 Å². The molecule has 0 aliphatic heterocycles. The lowest BCUT2D eigenvalue weighted by molar-refractivity contribution is -0.140. The van der Waals surface area contributed by atoms with Gasteiger partial charge in [-0.25, -0.2) is 4.39 Å². The summed E-state index contributed by atoms with van der Waals surface area (Å²) in [5.41, 5.74) is 0.670. The van der Waals surface area contributed by atoms with E-state index in [1.807, 2.05) is 0 Å².